The van der Waals surface area contributed by atoms with Gasteiger partial charge in [-0.15, -0.1) is 0 Å². The van der Waals surface area contributed by atoms with E-state index in [2.05, 4.69) is 5.32 Å². The van der Waals surface area contributed by atoms with E-state index in [9.17, 15) is 14.9 Å². The highest BCUT2D eigenvalue weighted by Crippen LogP contribution is 2.22. The zero-order chi connectivity index (χ0) is 14.3. The van der Waals surface area contributed by atoms with Gasteiger partial charge in [-0.1, -0.05) is 12.1 Å². The van der Waals surface area contributed by atoms with Gasteiger partial charge in [0.25, 0.3) is 11.6 Å². The molecule has 1 amide bonds. The third-order valence-corrected chi connectivity index (χ3v) is 2.43. The smallest absolute Gasteiger partial charge is 0.285 e. The molecule has 0 aliphatic heterocycles. The minimum Gasteiger partial charge on any atom is -0.394 e. The maximum atomic E-state index is 11.8. The fourth-order valence-electron chi connectivity index (χ4n) is 1.58. The van der Waals surface area contributed by atoms with Crippen LogP contribution >= 0.6 is 0 Å². The van der Waals surface area contributed by atoms with E-state index in [0.29, 0.717) is 5.56 Å². The first-order chi connectivity index (χ1) is 9.07. The van der Waals surface area contributed by atoms with Crippen LogP contribution in [0.4, 0.5) is 5.69 Å². The molecule has 0 aromatic heterocycles. The summed E-state index contributed by atoms with van der Waals surface area (Å²) in [4.78, 5) is 22.2. The number of aliphatic hydroxyl groups is 1. The molecule has 7 heteroatoms. The molecule has 1 aromatic carbocycles. The van der Waals surface area contributed by atoms with Gasteiger partial charge in [-0.05, 0) is 13.0 Å². The van der Waals surface area contributed by atoms with Gasteiger partial charge in [0.1, 0.15) is 5.56 Å². The summed E-state index contributed by atoms with van der Waals surface area (Å²) in [7, 11) is 0. The van der Waals surface area contributed by atoms with Crippen molar-refractivity contribution in [3.8, 4) is 0 Å². The second-order valence-corrected chi connectivity index (χ2v) is 3.82. The monoisotopic (exact) mass is 268 g/mol. The van der Waals surface area contributed by atoms with Crippen LogP contribution in [0, 0.1) is 17.0 Å². The van der Waals surface area contributed by atoms with Crippen molar-refractivity contribution in [2.45, 2.75) is 6.92 Å². The first-order valence-corrected chi connectivity index (χ1v) is 5.78. The first kappa shape index (κ1) is 15.1. The lowest BCUT2D eigenvalue weighted by Crippen LogP contribution is -2.28. The number of hydrogen-bond donors (Lipinski definition) is 2. The predicted octanol–water partition coefficient (Wildman–Crippen LogP) is 0.642. The van der Waals surface area contributed by atoms with Gasteiger partial charge in [-0.3, -0.25) is 14.9 Å². The summed E-state index contributed by atoms with van der Waals surface area (Å²) in [5.74, 6) is -0.511. The number of rotatable bonds is 7. The maximum Gasteiger partial charge on any atom is 0.285 e. The molecule has 7 nitrogen and oxygen atoms in total. The van der Waals surface area contributed by atoms with Crippen molar-refractivity contribution in [2.24, 2.45) is 0 Å². The van der Waals surface area contributed by atoms with Crippen LogP contribution in [0.5, 0.6) is 0 Å². The van der Waals surface area contributed by atoms with E-state index in [1.165, 1.54) is 6.07 Å². The van der Waals surface area contributed by atoms with Crippen molar-refractivity contribution in [1.82, 2.24) is 5.32 Å². The topological polar surface area (TPSA) is 102 Å². The van der Waals surface area contributed by atoms with Crippen LogP contribution in [0.15, 0.2) is 18.2 Å². The molecule has 104 valence electrons. The molecule has 0 heterocycles. The van der Waals surface area contributed by atoms with Crippen LogP contribution in [0.25, 0.3) is 0 Å². The number of ether oxygens (including phenoxy) is 1. The Morgan fingerprint density at radius 3 is 2.84 bits per heavy atom. The summed E-state index contributed by atoms with van der Waals surface area (Å²) in [5.41, 5.74) is 0.289. The fourth-order valence-corrected chi connectivity index (χ4v) is 1.58. The molecule has 0 bridgehead atoms. The minimum absolute atomic E-state index is 0.0344. The predicted molar refractivity (Wildman–Crippen MR) is 68.1 cm³/mol. The summed E-state index contributed by atoms with van der Waals surface area (Å²) < 4.78 is 4.97. The van der Waals surface area contributed by atoms with Crippen molar-refractivity contribution in [1.29, 1.82) is 0 Å². The number of amides is 1. The zero-order valence-electron chi connectivity index (χ0n) is 10.6. The van der Waals surface area contributed by atoms with Crippen molar-refractivity contribution >= 4 is 11.6 Å². The van der Waals surface area contributed by atoms with E-state index in [0.717, 1.165) is 0 Å². The van der Waals surface area contributed by atoms with Gasteiger partial charge in [0.2, 0.25) is 0 Å². The lowest BCUT2D eigenvalue weighted by Gasteiger charge is -2.07. The SMILES string of the molecule is Cc1cccc(C(=O)NCCOCCO)c1[N+](=O)[O-]. The zero-order valence-corrected chi connectivity index (χ0v) is 10.6. The number of nitro groups is 1. The Balaban J connectivity index is 2.67. The van der Waals surface area contributed by atoms with Crippen molar-refractivity contribution < 1.29 is 19.6 Å². The number of nitrogens with one attached hydrogen (secondary N) is 1. The van der Waals surface area contributed by atoms with E-state index in [4.69, 9.17) is 9.84 Å². The van der Waals surface area contributed by atoms with Gasteiger partial charge in [0.15, 0.2) is 0 Å². The molecule has 0 fully saturated rings. The number of aryl methyl sites for hydroxylation is 1. The van der Waals surface area contributed by atoms with Crippen LogP contribution in [-0.2, 0) is 4.74 Å². The summed E-state index contributed by atoms with van der Waals surface area (Å²) in [6.07, 6.45) is 0. The third-order valence-electron chi connectivity index (χ3n) is 2.43. The number of hydrogen-bond acceptors (Lipinski definition) is 5. The van der Waals surface area contributed by atoms with Gasteiger partial charge in [0, 0.05) is 12.1 Å². The minimum atomic E-state index is -0.563. The Morgan fingerprint density at radius 1 is 1.47 bits per heavy atom. The highest BCUT2D eigenvalue weighted by Gasteiger charge is 2.21. The lowest BCUT2D eigenvalue weighted by atomic mass is 10.1. The third kappa shape index (κ3) is 4.31. The number of para-hydroxylation sites is 1. The maximum absolute atomic E-state index is 11.8. The van der Waals surface area contributed by atoms with Gasteiger partial charge in [-0.25, -0.2) is 0 Å². The highest BCUT2D eigenvalue weighted by atomic mass is 16.6. The quantitative estimate of drug-likeness (QED) is 0.429. The van der Waals surface area contributed by atoms with Gasteiger partial charge in [-0.2, -0.15) is 0 Å². The normalized spacial score (nSPS) is 10.2. The van der Waals surface area contributed by atoms with E-state index in [-0.39, 0.29) is 37.6 Å². The van der Waals surface area contributed by atoms with E-state index >= 15 is 0 Å². The molecule has 0 aliphatic rings. The van der Waals surface area contributed by atoms with Gasteiger partial charge in [0.05, 0.1) is 24.7 Å². The van der Waals surface area contributed by atoms with E-state index in [1.807, 2.05) is 0 Å². The van der Waals surface area contributed by atoms with E-state index < -0.39 is 10.8 Å². The molecule has 2 N–H and O–H groups in total. The van der Waals surface area contributed by atoms with E-state index in [1.54, 1.807) is 19.1 Å². The Hall–Kier alpha value is -1.99. The second kappa shape index (κ2) is 7.45. The molecule has 0 aliphatic carbocycles. The first-order valence-electron chi connectivity index (χ1n) is 5.78. The van der Waals surface area contributed by atoms with Crippen molar-refractivity contribution in [3.05, 3.63) is 39.4 Å². The molecule has 0 atom stereocenters. The number of nitrogens with zero attached hydrogens (tertiary/aromatic N) is 1. The molecule has 0 spiro atoms. The summed E-state index contributed by atoms with van der Waals surface area (Å²) in [5, 5.41) is 22.0. The van der Waals surface area contributed by atoms with Crippen molar-refractivity contribution in [3.63, 3.8) is 0 Å². The number of nitro benzene ring substituents is 1. The Kier molecular flexibility index (Phi) is 5.91. The molecule has 19 heavy (non-hydrogen) atoms. The summed E-state index contributed by atoms with van der Waals surface area (Å²) in [6, 6.07) is 4.59. The standard InChI is InChI=1S/C12H16N2O5/c1-9-3-2-4-10(11(9)14(17)18)12(16)13-5-7-19-8-6-15/h2-4,15H,5-8H2,1H3,(H,13,16). The van der Waals surface area contributed by atoms with Crippen LogP contribution in [0.1, 0.15) is 15.9 Å². The molecular formula is C12H16N2O5. The molecule has 0 saturated heterocycles. The molecule has 0 saturated carbocycles. The number of carbonyl (C=O) groups excluding carboxylic acids is 1. The number of carbonyl (C=O) groups is 1. The van der Waals surface area contributed by atoms with Crippen LogP contribution in [0.2, 0.25) is 0 Å². The number of aliphatic hydroxyl groups excluding tert-OH is 1. The highest BCUT2D eigenvalue weighted by molar-refractivity contribution is 5.98. The van der Waals surface area contributed by atoms with Crippen LogP contribution < -0.4 is 5.32 Å². The molecular weight excluding hydrogens is 252 g/mol. The molecule has 0 radical (unpaired) electrons. The molecule has 0 unspecified atom stereocenters. The fraction of sp³-hybridized carbons (Fsp3) is 0.417. The Morgan fingerprint density at radius 2 is 2.21 bits per heavy atom. The Labute approximate surface area is 110 Å². The average molecular weight is 268 g/mol. The summed E-state index contributed by atoms with van der Waals surface area (Å²) in [6.45, 7) is 2.16. The van der Waals surface area contributed by atoms with Gasteiger partial charge >= 0.3 is 0 Å². The molecule has 1 aromatic rings. The summed E-state index contributed by atoms with van der Waals surface area (Å²) >= 11 is 0. The largest absolute Gasteiger partial charge is 0.394 e. The second-order valence-electron chi connectivity index (χ2n) is 3.82. The Bertz CT molecular complexity index is 461. The van der Waals surface area contributed by atoms with Crippen LogP contribution in [0.3, 0.4) is 0 Å². The molecule has 1 rings (SSSR count). The van der Waals surface area contributed by atoms with Crippen molar-refractivity contribution in [2.75, 3.05) is 26.4 Å². The van der Waals surface area contributed by atoms with Gasteiger partial charge < -0.3 is 15.2 Å². The lowest BCUT2D eigenvalue weighted by molar-refractivity contribution is -0.385. The van der Waals surface area contributed by atoms with Crippen LogP contribution in [-0.4, -0.2) is 42.3 Å². The average Bonchev–Trinajstić information content (AvgIpc) is 2.37. The number of benzene rings is 1.